The van der Waals surface area contributed by atoms with Crippen LogP contribution in [0.3, 0.4) is 0 Å². The van der Waals surface area contributed by atoms with Crippen molar-refractivity contribution >= 4 is 38.6 Å². The first-order chi connectivity index (χ1) is 30.4. The zero-order valence-corrected chi connectivity index (χ0v) is 35.2. The molecular formula is C61H45N. The summed E-state index contributed by atoms with van der Waals surface area (Å²) < 4.78 is 0. The van der Waals surface area contributed by atoms with E-state index in [9.17, 15) is 0 Å². The lowest BCUT2D eigenvalue weighted by molar-refractivity contribution is 0.662. The van der Waals surface area contributed by atoms with Gasteiger partial charge in [0.25, 0.3) is 0 Å². The van der Waals surface area contributed by atoms with Gasteiger partial charge < -0.3 is 4.90 Å². The molecule has 2 aliphatic carbocycles. The van der Waals surface area contributed by atoms with Gasteiger partial charge >= 0.3 is 0 Å². The van der Waals surface area contributed by atoms with Gasteiger partial charge in [0.05, 0.1) is 5.69 Å². The maximum Gasteiger partial charge on any atom is 0.0624 e. The summed E-state index contributed by atoms with van der Waals surface area (Å²) in [7, 11) is 0. The van der Waals surface area contributed by atoms with E-state index in [2.05, 4.69) is 244 Å². The third kappa shape index (κ3) is 5.21. The molecule has 1 unspecified atom stereocenters. The zero-order valence-electron chi connectivity index (χ0n) is 35.2. The molecule has 1 atom stereocenters. The highest BCUT2D eigenvalue weighted by Crippen LogP contribution is 2.56. The van der Waals surface area contributed by atoms with Gasteiger partial charge in [-0.1, -0.05) is 208 Å². The zero-order chi connectivity index (χ0) is 41.6. The largest absolute Gasteiger partial charge is 0.309 e. The Hall–Kier alpha value is -7.48. The highest BCUT2D eigenvalue weighted by molar-refractivity contribution is 6.22. The molecule has 0 fully saturated rings. The van der Waals surface area contributed by atoms with E-state index in [1.54, 1.807) is 0 Å². The molecule has 2 aliphatic rings. The standard InChI is InChI=1S/C61H45N/c1-60(2)54-31-16-14-26-49(54)52-30-18-29-45(58(52)60)40-33-35-43(36-34-40)62(44-37-38-50-48-25-15-17-32-55(48)61(3,56(50)39-44)42-21-8-5-9-22-42)59-53-28-13-11-24-47(53)46-23-10-12-27-51(46)57(59)41-19-6-4-7-20-41/h4-39H,1-3H3. The molecule has 1 heteroatoms. The quantitative estimate of drug-likeness (QED) is 0.152. The van der Waals surface area contributed by atoms with Crippen molar-refractivity contribution in [2.24, 2.45) is 0 Å². The minimum absolute atomic E-state index is 0.116. The predicted octanol–water partition coefficient (Wildman–Crippen LogP) is 16.4. The van der Waals surface area contributed by atoms with Crippen molar-refractivity contribution in [3.63, 3.8) is 0 Å². The molecule has 0 aromatic heterocycles. The molecule has 1 nitrogen and oxygen atoms in total. The summed E-state index contributed by atoms with van der Waals surface area (Å²) in [5.41, 5.74) is 19.9. The van der Waals surface area contributed by atoms with E-state index >= 15 is 0 Å². The fourth-order valence-corrected chi connectivity index (χ4v) is 11.2. The molecule has 294 valence electrons. The maximum absolute atomic E-state index is 2.55. The Morgan fingerprint density at radius 3 is 1.58 bits per heavy atom. The summed E-state index contributed by atoms with van der Waals surface area (Å²) in [6.07, 6.45) is 0. The van der Waals surface area contributed by atoms with Crippen molar-refractivity contribution < 1.29 is 0 Å². The average molecular weight is 792 g/mol. The molecule has 12 rings (SSSR count). The summed E-state index contributed by atoms with van der Waals surface area (Å²) in [6.45, 7) is 7.17. The molecule has 0 radical (unpaired) electrons. The minimum atomic E-state index is -0.343. The van der Waals surface area contributed by atoms with E-state index < -0.39 is 0 Å². The molecule has 0 saturated carbocycles. The van der Waals surface area contributed by atoms with Crippen molar-refractivity contribution in [2.45, 2.75) is 31.6 Å². The van der Waals surface area contributed by atoms with Crippen LogP contribution in [0.25, 0.3) is 66.1 Å². The van der Waals surface area contributed by atoms with Crippen molar-refractivity contribution in [3.05, 3.63) is 246 Å². The summed E-state index contributed by atoms with van der Waals surface area (Å²) in [6, 6.07) is 81.3. The molecule has 0 bridgehead atoms. The van der Waals surface area contributed by atoms with Crippen LogP contribution in [-0.4, -0.2) is 0 Å². The second-order valence-electron chi connectivity index (χ2n) is 17.7. The molecule has 0 amide bonds. The molecule has 0 heterocycles. The fraction of sp³-hybridized carbons (Fsp3) is 0.0820. The summed E-state index contributed by atoms with van der Waals surface area (Å²) >= 11 is 0. The number of hydrogen-bond acceptors (Lipinski definition) is 1. The van der Waals surface area contributed by atoms with Gasteiger partial charge in [-0.3, -0.25) is 0 Å². The van der Waals surface area contributed by atoms with Crippen LogP contribution in [0.1, 0.15) is 48.6 Å². The van der Waals surface area contributed by atoms with E-state index in [4.69, 9.17) is 0 Å². The van der Waals surface area contributed by atoms with E-state index in [-0.39, 0.29) is 10.8 Å². The van der Waals surface area contributed by atoms with Gasteiger partial charge in [-0.2, -0.15) is 0 Å². The average Bonchev–Trinajstić information content (AvgIpc) is 3.74. The van der Waals surface area contributed by atoms with Gasteiger partial charge in [0.1, 0.15) is 0 Å². The molecule has 0 spiro atoms. The Kier molecular flexibility index (Phi) is 8.08. The highest BCUT2D eigenvalue weighted by atomic mass is 15.1. The first kappa shape index (κ1) is 36.4. The highest BCUT2D eigenvalue weighted by Gasteiger charge is 2.41. The Bertz CT molecular complexity index is 3380. The molecule has 62 heavy (non-hydrogen) atoms. The van der Waals surface area contributed by atoms with E-state index in [0.29, 0.717) is 0 Å². The topological polar surface area (TPSA) is 3.24 Å². The second kappa shape index (κ2) is 13.8. The maximum atomic E-state index is 2.55. The molecule has 0 aliphatic heterocycles. The lowest BCUT2D eigenvalue weighted by atomic mass is 9.74. The number of fused-ring (bicyclic) bond motifs is 9. The fourth-order valence-electron chi connectivity index (χ4n) is 11.2. The van der Waals surface area contributed by atoms with Crippen LogP contribution in [-0.2, 0) is 10.8 Å². The number of nitrogens with zero attached hydrogens (tertiary/aromatic N) is 1. The molecular weight excluding hydrogens is 747 g/mol. The third-order valence-corrected chi connectivity index (χ3v) is 14.1. The Balaban J connectivity index is 1.13. The normalized spacial score (nSPS) is 15.5. The van der Waals surface area contributed by atoms with Crippen LogP contribution in [0.2, 0.25) is 0 Å². The number of anilines is 3. The predicted molar refractivity (Wildman–Crippen MR) is 262 cm³/mol. The van der Waals surface area contributed by atoms with Crippen LogP contribution < -0.4 is 4.90 Å². The third-order valence-electron chi connectivity index (χ3n) is 14.1. The number of rotatable bonds is 6. The van der Waals surface area contributed by atoms with E-state index in [1.165, 1.54) is 99.6 Å². The smallest absolute Gasteiger partial charge is 0.0624 e. The van der Waals surface area contributed by atoms with Crippen LogP contribution in [0.5, 0.6) is 0 Å². The molecule has 10 aromatic carbocycles. The van der Waals surface area contributed by atoms with Crippen molar-refractivity contribution in [2.75, 3.05) is 4.90 Å². The SMILES string of the molecule is CC1(C)c2ccccc2-c2cccc(-c3ccc(N(c4ccc5c(c4)C(C)(c4ccccc4)c4ccccc4-5)c4c(-c5ccccc5)c5ccccc5c5ccccc45)cc3)c21. The monoisotopic (exact) mass is 791 g/mol. The van der Waals surface area contributed by atoms with Crippen molar-refractivity contribution in [1.82, 2.24) is 0 Å². The molecule has 10 aromatic rings. The van der Waals surface area contributed by atoms with Gasteiger partial charge in [0.15, 0.2) is 0 Å². The first-order valence-corrected chi connectivity index (χ1v) is 21.9. The van der Waals surface area contributed by atoms with E-state index in [0.717, 1.165) is 11.4 Å². The van der Waals surface area contributed by atoms with Gasteiger partial charge in [-0.25, -0.2) is 0 Å². The summed E-state index contributed by atoms with van der Waals surface area (Å²) in [5.74, 6) is 0. The second-order valence-corrected chi connectivity index (χ2v) is 17.7. The van der Waals surface area contributed by atoms with Gasteiger partial charge in [-0.05, 0) is 114 Å². The lowest BCUT2D eigenvalue weighted by Gasteiger charge is -2.33. The van der Waals surface area contributed by atoms with Gasteiger partial charge in [0.2, 0.25) is 0 Å². The molecule has 0 N–H and O–H groups in total. The summed E-state index contributed by atoms with van der Waals surface area (Å²) in [4.78, 5) is 2.55. The van der Waals surface area contributed by atoms with Crippen LogP contribution in [0, 0.1) is 0 Å². The van der Waals surface area contributed by atoms with Crippen LogP contribution in [0.4, 0.5) is 17.1 Å². The van der Waals surface area contributed by atoms with Crippen molar-refractivity contribution in [1.29, 1.82) is 0 Å². The lowest BCUT2D eigenvalue weighted by Crippen LogP contribution is -2.23. The van der Waals surface area contributed by atoms with Crippen molar-refractivity contribution in [3.8, 4) is 44.5 Å². The first-order valence-electron chi connectivity index (χ1n) is 21.9. The minimum Gasteiger partial charge on any atom is -0.309 e. The van der Waals surface area contributed by atoms with Gasteiger partial charge in [-0.15, -0.1) is 0 Å². The van der Waals surface area contributed by atoms with Crippen LogP contribution >= 0.6 is 0 Å². The summed E-state index contributed by atoms with van der Waals surface area (Å²) in [5, 5.41) is 4.94. The number of benzene rings is 10. The Morgan fingerprint density at radius 1 is 0.339 bits per heavy atom. The molecule has 0 saturated heterocycles. The Labute approximate surface area is 364 Å². The van der Waals surface area contributed by atoms with E-state index in [1.807, 2.05) is 0 Å². The Morgan fingerprint density at radius 2 is 0.855 bits per heavy atom. The number of hydrogen-bond donors (Lipinski definition) is 0. The van der Waals surface area contributed by atoms with Gasteiger partial charge in [0, 0.05) is 33.2 Å². The van der Waals surface area contributed by atoms with Crippen LogP contribution in [0.15, 0.2) is 218 Å².